The molecule has 0 amide bonds. The molecule has 0 saturated heterocycles. The van der Waals surface area contributed by atoms with Crippen LogP contribution in [-0.2, 0) is 6.42 Å². The van der Waals surface area contributed by atoms with Crippen LogP contribution in [0.2, 0.25) is 0 Å². The van der Waals surface area contributed by atoms with Crippen molar-refractivity contribution in [3.05, 3.63) is 58.9 Å². The topological polar surface area (TPSA) is 38.7 Å². The average molecular weight is 288 g/mol. The highest BCUT2D eigenvalue weighted by atomic mass is 19.1. The van der Waals surface area contributed by atoms with Crippen LogP contribution in [-0.4, -0.2) is 18.3 Å². The quantitative estimate of drug-likeness (QED) is 0.942. The summed E-state index contributed by atoms with van der Waals surface area (Å²) in [6.07, 6.45) is -0.552. The second-order valence-electron chi connectivity index (χ2n) is 5.28. The zero-order valence-corrected chi connectivity index (χ0v) is 12.0. The number of hydrogen-bond acceptors (Lipinski definition) is 3. The lowest BCUT2D eigenvalue weighted by Gasteiger charge is -2.18. The lowest BCUT2D eigenvalue weighted by Crippen LogP contribution is -2.21. The van der Waals surface area contributed by atoms with E-state index < -0.39 is 12.2 Å². The molecule has 0 saturated carbocycles. The predicted octanol–water partition coefficient (Wildman–Crippen LogP) is 3.18. The highest BCUT2D eigenvalue weighted by Crippen LogP contribution is 2.36. The Labute approximate surface area is 122 Å². The van der Waals surface area contributed by atoms with Gasteiger partial charge in [-0.3, -0.25) is 0 Å². The zero-order chi connectivity index (χ0) is 15.0. The third kappa shape index (κ3) is 2.59. The van der Waals surface area contributed by atoms with Crippen LogP contribution in [0.4, 0.5) is 4.39 Å². The standard InChI is InChI=1S/C17H17FO3/c1-10-3-5-13(9-15(10)18)21-16-7-11-4-6-12(20-2)8-14(11)17(16)19/h3-6,8-9,16-17,19H,7H2,1-2H3. The van der Waals surface area contributed by atoms with Gasteiger partial charge in [-0.05, 0) is 41.8 Å². The number of hydrogen-bond donors (Lipinski definition) is 1. The highest BCUT2D eigenvalue weighted by Gasteiger charge is 2.33. The molecule has 110 valence electrons. The smallest absolute Gasteiger partial charge is 0.133 e. The lowest BCUT2D eigenvalue weighted by molar-refractivity contribution is 0.0491. The van der Waals surface area contributed by atoms with Gasteiger partial charge in [-0.2, -0.15) is 0 Å². The van der Waals surface area contributed by atoms with Crippen LogP contribution in [0.5, 0.6) is 11.5 Å². The first kappa shape index (κ1) is 13.9. The maximum absolute atomic E-state index is 13.6. The maximum atomic E-state index is 13.6. The summed E-state index contributed by atoms with van der Waals surface area (Å²) >= 11 is 0. The minimum atomic E-state index is -0.737. The molecule has 0 spiro atoms. The van der Waals surface area contributed by atoms with Gasteiger partial charge in [-0.25, -0.2) is 4.39 Å². The van der Waals surface area contributed by atoms with Gasteiger partial charge in [-0.1, -0.05) is 12.1 Å². The summed E-state index contributed by atoms with van der Waals surface area (Å²) in [5.74, 6) is 0.830. The van der Waals surface area contributed by atoms with E-state index in [1.165, 1.54) is 6.07 Å². The zero-order valence-electron chi connectivity index (χ0n) is 12.0. The number of benzene rings is 2. The Bertz CT molecular complexity index is 669. The van der Waals surface area contributed by atoms with Crippen molar-refractivity contribution < 1.29 is 19.0 Å². The minimum absolute atomic E-state index is 0.306. The maximum Gasteiger partial charge on any atom is 0.133 e. The molecule has 2 aromatic rings. The number of rotatable bonds is 3. The van der Waals surface area contributed by atoms with E-state index >= 15 is 0 Å². The van der Waals surface area contributed by atoms with Crippen LogP contribution >= 0.6 is 0 Å². The first-order chi connectivity index (χ1) is 10.1. The molecule has 2 atom stereocenters. The van der Waals surface area contributed by atoms with Crippen molar-refractivity contribution in [1.82, 2.24) is 0 Å². The SMILES string of the molecule is COc1ccc2c(c1)C(O)C(Oc1ccc(C)c(F)c1)C2. The van der Waals surface area contributed by atoms with Crippen molar-refractivity contribution in [2.24, 2.45) is 0 Å². The molecule has 2 aromatic carbocycles. The normalized spacial score (nSPS) is 20.2. The van der Waals surface area contributed by atoms with Crippen LogP contribution in [0.15, 0.2) is 36.4 Å². The van der Waals surface area contributed by atoms with Crippen molar-refractivity contribution in [3.8, 4) is 11.5 Å². The monoisotopic (exact) mass is 288 g/mol. The van der Waals surface area contributed by atoms with Crippen LogP contribution in [0, 0.1) is 12.7 Å². The van der Waals surface area contributed by atoms with Gasteiger partial charge in [0.15, 0.2) is 0 Å². The van der Waals surface area contributed by atoms with Crippen molar-refractivity contribution >= 4 is 0 Å². The molecule has 1 N–H and O–H groups in total. The number of ether oxygens (including phenoxy) is 2. The Morgan fingerprint density at radius 2 is 1.90 bits per heavy atom. The van der Waals surface area contributed by atoms with E-state index in [1.54, 1.807) is 26.2 Å². The van der Waals surface area contributed by atoms with E-state index in [0.717, 1.165) is 11.1 Å². The number of methoxy groups -OCH3 is 1. The third-order valence-corrected chi connectivity index (χ3v) is 3.88. The molecule has 1 aliphatic carbocycles. The van der Waals surface area contributed by atoms with Crippen molar-refractivity contribution in [1.29, 1.82) is 0 Å². The Kier molecular flexibility index (Phi) is 3.55. The van der Waals surface area contributed by atoms with E-state index in [-0.39, 0.29) is 5.82 Å². The van der Waals surface area contributed by atoms with E-state index in [4.69, 9.17) is 9.47 Å². The number of halogens is 1. The van der Waals surface area contributed by atoms with E-state index in [9.17, 15) is 9.50 Å². The summed E-state index contributed by atoms with van der Waals surface area (Å²) in [5.41, 5.74) is 2.41. The fourth-order valence-corrected chi connectivity index (χ4v) is 2.62. The molecule has 1 aliphatic rings. The van der Waals surface area contributed by atoms with Crippen LogP contribution in [0.3, 0.4) is 0 Å². The molecule has 4 heteroatoms. The molecule has 2 unspecified atom stereocenters. The summed E-state index contributed by atoms with van der Waals surface area (Å²) in [6, 6.07) is 10.3. The van der Waals surface area contributed by atoms with Gasteiger partial charge >= 0.3 is 0 Å². The minimum Gasteiger partial charge on any atom is -0.497 e. The largest absolute Gasteiger partial charge is 0.497 e. The number of aryl methyl sites for hydroxylation is 1. The summed E-state index contributed by atoms with van der Waals surface area (Å²) in [6.45, 7) is 1.70. The second kappa shape index (κ2) is 5.37. The Balaban J connectivity index is 1.81. The summed E-state index contributed by atoms with van der Waals surface area (Å²) in [7, 11) is 1.59. The number of aliphatic hydroxyl groups excluding tert-OH is 1. The van der Waals surface area contributed by atoms with Gasteiger partial charge in [0.1, 0.15) is 29.5 Å². The molecule has 21 heavy (non-hydrogen) atoms. The molecule has 0 aliphatic heterocycles. The molecular formula is C17H17FO3. The van der Waals surface area contributed by atoms with E-state index in [1.807, 2.05) is 18.2 Å². The lowest BCUT2D eigenvalue weighted by atomic mass is 10.1. The Morgan fingerprint density at radius 3 is 2.62 bits per heavy atom. The summed E-state index contributed by atoms with van der Waals surface area (Å²) in [4.78, 5) is 0. The van der Waals surface area contributed by atoms with Crippen molar-refractivity contribution in [3.63, 3.8) is 0 Å². The Morgan fingerprint density at radius 1 is 1.14 bits per heavy atom. The molecule has 0 radical (unpaired) electrons. The van der Waals surface area contributed by atoms with Gasteiger partial charge in [0.05, 0.1) is 7.11 Å². The molecule has 0 fully saturated rings. The molecule has 3 nitrogen and oxygen atoms in total. The van der Waals surface area contributed by atoms with Gasteiger partial charge < -0.3 is 14.6 Å². The molecule has 0 aromatic heterocycles. The number of aliphatic hydroxyl groups is 1. The fourth-order valence-electron chi connectivity index (χ4n) is 2.62. The third-order valence-electron chi connectivity index (χ3n) is 3.88. The number of fused-ring (bicyclic) bond motifs is 1. The predicted molar refractivity (Wildman–Crippen MR) is 77.2 cm³/mol. The van der Waals surface area contributed by atoms with Crippen LogP contribution < -0.4 is 9.47 Å². The fraction of sp³-hybridized carbons (Fsp3) is 0.294. The first-order valence-electron chi connectivity index (χ1n) is 6.86. The van der Waals surface area contributed by atoms with Gasteiger partial charge in [0, 0.05) is 12.5 Å². The van der Waals surface area contributed by atoms with E-state index in [0.29, 0.717) is 23.5 Å². The second-order valence-corrected chi connectivity index (χ2v) is 5.28. The molecular weight excluding hydrogens is 271 g/mol. The van der Waals surface area contributed by atoms with E-state index in [2.05, 4.69) is 0 Å². The molecule has 0 heterocycles. The van der Waals surface area contributed by atoms with Crippen molar-refractivity contribution in [2.45, 2.75) is 25.6 Å². The van der Waals surface area contributed by atoms with Gasteiger partial charge in [-0.15, -0.1) is 0 Å². The van der Waals surface area contributed by atoms with Crippen LogP contribution in [0.1, 0.15) is 22.8 Å². The average Bonchev–Trinajstić information content (AvgIpc) is 2.79. The van der Waals surface area contributed by atoms with Crippen molar-refractivity contribution in [2.75, 3.05) is 7.11 Å². The summed E-state index contributed by atoms with van der Waals surface area (Å²) < 4.78 is 24.5. The van der Waals surface area contributed by atoms with Crippen LogP contribution in [0.25, 0.3) is 0 Å². The highest BCUT2D eigenvalue weighted by molar-refractivity contribution is 5.42. The molecule has 0 bridgehead atoms. The van der Waals surface area contributed by atoms with Gasteiger partial charge in [0.2, 0.25) is 0 Å². The Hall–Kier alpha value is -2.07. The van der Waals surface area contributed by atoms with Gasteiger partial charge in [0.25, 0.3) is 0 Å². The molecule has 3 rings (SSSR count). The summed E-state index contributed by atoms with van der Waals surface area (Å²) in [5, 5.41) is 10.4. The first-order valence-corrected chi connectivity index (χ1v) is 6.86.